The Bertz CT molecular complexity index is 421. The molecule has 18 heavy (non-hydrogen) atoms. The van der Waals surface area contributed by atoms with Gasteiger partial charge in [0.1, 0.15) is 0 Å². The Balaban J connectivity index is 1.80. The first kappa shape index (κ1) is 12.2. The van der Waals surface area contributed by atoms with Crippen LogP contribution >= 0.6 is 0 Å². The lowest BCUT2D eigenvalue weighted by molar-refractivity contribution is -0.0342. The zero-order valence-electron chi connectivity index (χ0n) is 11.2. The number of rotatable bonds is 2. The third-order valence-electron chi connectivity index (χ3n) is 5.16. The molecule has 0 saturated heterocycles. The second-order valence-corrected chi connectivity index (χ2v) is 6.09. The van der Waals surface area contributed by atoms with Crippen LogP contribution < -0.4 is 0 Å². The van der Waals surface area contributed by atoms with E-state index in [1.807, 2.05) is 12.3 Å². The maximum atomic E-state index is 11.0. The largest absolute Gasteiger partial charge is 0.389 e. The zero-order valence-corrected chi connectivity index (χ0v) is 11.2. The van der Waals surface area contributed by atoms with Crippen molar-refractivity contribution in [2.24, 2.45) is 5.92 Å². The third-order valence-corrected chi connectivity index (χ3v) is 5.16. The Morgan fingerprint density at radius 2 is 2.11 bits per heavy atom. The summed E-state index contributed by atoms with van der Waals surface area (Å²) in [4.78, 5) is 4.54. The van der Waals surface area contributed by atoms with Gasteiger partial charge in [-0.25, -0.2) is 0 Å². The van der Waals surface area contributed by atoms with Gasteiger partial charge in [-0.2, -0.15) is 0 Å². The Morgan fingerprint density at radius 1 is 1.33 bits per heavy atom. The van der Waals surface area contributed by atoms with E-state index in [-0.39, 0.29) is 5.92 Å². The van der Waals surface area contributed by atoms with Crippen molar-refractivity contribution in [1.29, 1.82) is 0 Å². The summed E-state index contributed by atoms with van der Waals surface area (Å²) in [6, 6.07) is 4.18. The molecule has 1 atom stereocenters. The van der Waals surface area contributed by atoms with Crippen LogP contribution in [-0.4, -0.2) is 15.7 Å². The molecule has 1 aromatic rings. The number of fused-ring (bicyclic) bond motifs is 1. The van der Waals surface area contributed by atoms with E-state index in [0.29, 0.717) is 0 Å². The lowest BCUT2D eigenvalue weighted by atomic mass is 9.70. The van der Waals surface area contributed by atoms with Crippen LogP contribution in [0.2, 0.25) is 0 Å². The van der Waals surface area contributed by atoms with Gasteiger partial charge in [-0.05, 0) is 56.1 Å². The van der Waals surface area contributed by atoms with Crippen LogP contribution in [0.15, 0.2) is 18.3 Å². The van der Waals surface area contributed by atoms with E-state index in [1.165, 1.54) is 30.5 Å². The van der Waals surface area contributed by atoms with Crippen molar-refractivity contribution in [3.05, 3.63) is 29.6 Å². The van der Waals surface area contributed by atoms with E-state index in [1.54, 1.807) is 0 Å². The fraction of sp³-hybridized carbons (Fsp3) is 0.688. The van der Waals surface area contributed by atoms with Crippen LogP contribution in [0.25, 0.3) is 0 Å². The summed E-state index contributed by atoms with van der Waals surface area (Å²) >= 11 is 0. The van der Waals surface area contributed by atoms with E-state index in [0.717, 1.165) is 31.6 Å². The van der Waals surface area contributed by atoms with Gasteiger partial charge in [-0.15, -0.1) is 0 Å². The van der Waals surface area contributed by atoms with E-state index < -0.39 is 5.60 Å². The first-order chi connectivity index (χ1) is 8.73. The molecule has 1 heterocycles. The minimum Gasteiger partial charge on any atom is -0.389 e. The van der Waals surface area contributed by atoms with Crippen molar-refractivity contribution >= 4 is 0 Å². The third kappa shape index (κ3) is 1.97. The second kappa shape index (κ2) is 4.65. The summed E-state index contributed by atoms with van der Waals surface area (Å²) in [5, 5.41) is 11.0. The van der Waals surface area contributed by atoms with E-state index in [2.05, 4.69) is 18.0 Å². The normalized spacial score (nSPS) is 35.4. The Kier molecular flexibility index (Phi) is 3.14. The quantitative estimate of drug-likeness (QED) is 0.865. The molecule has 98 valence electrons. The summed E-state index contributed by atoms with van der Waals surface area (Å²) in [5.41, 5.74) is 2.05. The molecular weight excluding hydrogens is 222 g/mol. The van der Waals surface area contributed by atoms with Crippen molar-refractivity contribution in [3.8, 4) is 0 Å². The van der Waals surface area contributed by atoms with Crippen molar-refractivity contribution in [2.45, 2.75) is 63.4 Å². The van der Waals surface area contributed by atoms with Crippen molar-refractivity contribution in [1.82, 2.24) is 4.98 Å². The molecule has 0 aliphatic heterocycles. The second-order valence-electron chi connectivity index (χ2n) is 6.09. The summed E-state index contributed by atoms with van der Waals surface area (Å²) in [7, 11) is 0. The lowest BCUT2D eigenvalue weighted by Crippen LogP contribution is -2.39. The number of aliphatic hydroxyl groups is 1. The molecule has 3 rings (SSSR count). The number of nitrogens with zero attached hydrogens (tertiary/aromatic N) is 1. The summed E-state index contributed by atoms with van der Waals surface area (Å²) in [6.45, 7) is 2.27. The molecule has 0 aromatic carbocycles. The van der Waals surface area contributed by atoms with Crippen molar-refractivity contribution < 1.29 is 5.11 Å². The average Bonchev–Trinajstić information content (AvgIpc) is 2.84. The van der Waals surface area contributed by atoms with E-state index in [9.17, 15) is 5.11 Å². The molecule has 1 fully saturated rings. The summed E-state index contributed by atoms with van der Waals surface area (Å²) < 4.78 is 0. The monoisotopic (exact) mass is 245 g/mol. The Hall–Kier alpha value is -0.890. The van der Waals surface area contributed by atoms with Gasteiger partial charge in [0.2, 0.25) is 0 Å². The number of aromatic nitrogens is 1. The number of pyridine rings is 1. The maximum absolute atomic E-state index is 11.0. The minimum absolute atomic E-state index is 0.284. The SMILES string of the molecule is CCC1CCC(O)(C2CCc3cccnc32)CC1. The zero-order chi connectivity index (χ0) is 12.6. The van der Waals surface area contributed by atoms with Crippen molar-refractivity contribution in [3.63, 3.8) is 0 Å². The molecule has 2 aliphatic carbocycles. The van der Waals surface area contributed by atoms with Crippen LogP contribution in [0.5, 0.6) is 0 Å². The molecular formula is C16H23NO. The molecule has 1 unspecified atom stereocenters. The van der Waals surface area contributed by atoms with Gasteiger partial charge < -0.3 is 5.11 Å². The van der Waals surface area contributed by atoms with Crippen LogP contribution in [0.3, 0.4) is 0 Å². The number of hydrogen-bond acceptors (Lipinski definition) is 2. The molecule has 0 radical (unpaired) electrons. The van der Waals surface area contributed by atoms with Crippen LogP contribution in [0.1, 0.15) is 62.6 Å². The fourth-order valence-electron chi connectivity index (χ4n) is 3.87. The first-order valence-electron chi connectivity index (χ1n) is 7.39. The molecule has 0 bridgehead atoms. The smallest absolute Gasteiger partial charge is 0.0731 e. The number of aryl methyl sites for hydroxylation is 1. The van der Waals surface area contributed by atoms with Gasteiger partial charge in [0, 0.05) is 17.8 Å². The van der Waals surface area contributed by atoms with Gasteiger partial charge in [0.25, 0.3) is 0 Å². The molecule has 2 heteroatoms. The Morgan fingerprint density at radius 3 is 2.83 bits per heavy atom. The Labute approximate surface area is 109 Å². The minimum atomic E-state index is -0.481. The van der Waals surface area contributed by atoms with Gasteiger partial charge in [0.05, 0.1) is 5.60 Å². The topological polar surface area (TPSA) is 33.1 Å². The molecule has 1 N–H and O–H groups in total. The van der Waals surface area contributed by atoms with Gasteiger partial charge in [-0.3, -0.25) is 4.98 Å². The summed E-state index contributed by atoms with van der Waals surface area (Å²) in [6.07, 6.45) is 9.61. The van der Waals surface area contributed by atoms with Crippen molar-refractivity contribution in [2.75, 3.05) is 0 Å². The maximum Gasteiger partial charge on any atom is 0.0731 e. The molecule has 2 aliphatic rings. The first-order valence-corrected chi connectivity index (χ1v) is 7.39. The highest BCUT2D eigenvalue weighted by molar-refractivity contribution is 5.31. The predicted molar refractivity (Wildman–Crippen MR) is 72.5 cm³/mol. The van der Waals surface area contributed by atoms with Gasteiger partial charge in [0.15, 0.2) is 0 Å². The van der Waals surface area contributed by atoms with Crippen LogP contribution in [0, 0.1) is 5.92 Å². The highest BCUT2D eigenvalue weighted by atomic mass is 16.3. The lowest BCUT2D eigenvalue weighted by Gasteiger charge is -2.40. The van der Waals surface area contributed by atoms with Gasteiger partial charge >= 0.3 is 0 Å². The molecule has 2 nitrogen and oxygen atoms in total. The molecule has 0 spiro atoms. The highest BCUT2D eigenvalue weighted by Gasteiger charge is 2.43. The molecule has 1 saturated carbocycles. The van der Waals surface area contributed by atoms with Crippen LogP contribution in [0.4, 0.5) is 0 Å². The average molecular weight is 245 g/mol. The van der Waals surface area contributed by atoms with Gasteiger partial charge in [-0.1, -0.05) is 19.4 Å². The molecule has 1 aromatic heterocycles. The van der Waals surface area contributed by atoms with E-state index >= 15 is 0 Å². The van der Waals surface area contributed by atoms with E-state index in [4.69, 9.17) is 0 Å². The standard InChI is InChI=1S/C16H23NO/c1-2-12-7-9-16(18,10-8-12)14-6-5-13-4-3-11-17-15(13)14/h3-4,11-12,14,18H,2,5-10H2,1H3. The highest BCUT2D eigenvalue weighted by Crippen LogP contribution is 2.47. The summed E-state index contributed by atoms with van der Waals surface area (Å²) in [5.74, 6) is 1.11. The fourth-order valence-corrected chi connectivity index (χ4v) is 3.87. The molecule has 0 amide bonds. The predicted octanol–water partition coefficient (Wildman–Crippen LogP) is 3.44. The van der Waals surface area contributed by atoms with Crippen LogP contribution in [-0.2, 0) is 6.42 Å². The number of hydrogen-bond donors (Lipinski definition) is 1.